The Balaban J connectivity index is 2.45. The maximum Gasteiger partial charge on any atom is 0.416 e. The highest BCUT2D eigenvalue weighted by Gasteiger charge is 2.34. The van der Waals surface area contributed by atoms with Gasteiger partial charge < -0.3 is 0 Å². The minimum Gasteiger partial charge on any atom is -0.207 e. The lowest BCUT2D eigenvalue weighted by atomic mass is 9.97. The number of rotatable bonds is 5. The number of hydrogen-bond donors (Lipinski definition) is 0. The van der Waals surface area contributed by atoms with Gasteiger partial charge in [0.1, 0.15) is 0 Å². The van der Waals surface area contributed by atoms with Crippen molar-refractivity contribution in [3.05, 3.63) is 65.7 Å². The van der Waals surface area contributed by atoms with Crippen LogP contribution in [0.4, 0.5) is 13.2 Å². The van der Waals surface area contributed by atoms with Gasteiger partial charge in [0, 0.05) is 13.1 Å². The van der Waals surface area contributed by atoms with E-state index in [9.17, 15) is 21.6 Å². The molecule has 0 aromatic heterocycles. The van der Waals surface area contributed by atoms with Crippen molar-refractivity contribution >= 4 is 10.0 Å². The first-order valence-corrected chi connectivity index (χ1v) is 9.55. The van der Waals surface area contributed by atoms with E-state index in [1.807, 2.05) is 26.8 Å². The van der Waals surface area contributed by atoms with E-state index in [-0.39, 0.29) is 23.4 Å². The van der Waals surface area contributed by atoms with Crippen molar-refractivity contribution in [2.24, 2.45) is 5.41 Å². The minimum atomic E-state index is -4.60. The Morgan fingerprint density at radius 2 is 1.54 bits per heavy atom. The summed E-state index contributed by atoms with van der Waals surface area (Å²) in [5, 5.41) is 0. The van der Waals surface area contributed by atoms with Crippen molar-refractivity contribution in [2.45, 2.75) is 38.4 Å². The zero-order valence-electron chi connectivity index (χ0n) is 14.9. The molecule has 0 aliphatic heterocycles. The van der Waals surface area contributed by atoms with Crippen molar-refractivity contribution in [1.29, 1.82) is 0 Å². The van der Waals surface area contributed by atoms with E-state index in [0.29, 0.717) is 6.07 Å². The highest BCUT2D eigenvalue weighted by Crippen LogP contribution is 2.32. The molecule has 0 unspecified atom stereocenters. The van der Waals surface area contributed by atoms with Gasteiger partial charge in [0.2, 0.25) is 10.0 Å². The molecule has 0 atom stereocenters. The summed E-state index contributed by atoms with van der Waals surface area (Å²) in [5.74, 6) is 0. The van der Waals surface area contributed by atoms with Crippen LogP contribution >= 0.6 is 0 Å². The summed E-state index contributed by atoms with van der Waals surface area (Å²) in [5.41, 5.74) is -0.565. The van der Waals surface area contributed by atoms with E-state index in [4.69, 9.17) is 0 Å². The Hall–Kier alpha value is -1.86. The fourth-order valence-electron chi connectivity index (χ4n) is 2.52. The molecular weight excluding hydrogens is 363 g/mol. The summed E-state index contributed by atoms with van der Waals surface area (Å²) in [6, 6.07) is 12.9. The third-order valence-corrected chi connectivity index (χ3v) is 5.44. The van der Waals surface area contributed by atoms with Crippen LogP contribution in [0.2, 0.25) is 0 Å². The van der Waals surface area contributed by atoms with Gasteiger partial charge in [-0.05, 0) is 29.2 Å². The van der Waals surface area contributed by atoms with Crippen LogP contribution in [-0.2, 0) is 22.7 Å². The minimum absolute atomic E-state index is 0.0939. The summed E-state index contributed by atoms with van der Waals surface area (Å²) < 4.78 is 66.2. The number of nitrogens with zero attached hydrogens (tertiary/aromatic N) is 1. The first-order valence-electron chi connectivity index (χ1n) is 8.11. The maximum absolute atomic E-state index is 13.1. The van der Waals surface area contributed by atoms with Crippen molar-refractivity contribution < 1.29 is 21.6 Å². The van der Waals surface area contributed by atoms with E-state index >= 15 is 0 Å². The third kappa shape index (κ3) is 5.32. The summed E-state index contributed by atoms with van der Waals surface area (Å²) >= 11 is 0. The molecule has 0 aliphatic carbocycles. The molecule has 0 fully saturated rings. The second-order valence-electron chi connectivity index (χ2n) is 7.34. The van der Waals surface area contributed by atoms with Crippen LogP contribution in [0.15, 0.2) is 59.5 Å². The lowest BCUT2D eigenvalue weighted by Crippen LogP contribution is -2.37. The van der Waals surface area contributed by atoms with Crippen LogP contribution in [0.3, 0.4) is 0 Å². The molecule has 3 nitrogen and oxygen atoms in total. The van der Waals surface area contributed by atoms with E-state index in [0.717, 1.165) is 17.7 Å². The fourth-order valence-corrected chi connectivity index (χ4v) is 4.22. The zero-order valence-corrected chi connectivity index (χ0v) is 15.7. The quantitative estimate of drug-likeness (QED) is 0.731. The predicted octanol–water partition coefficient (Wildman–Crippen LogP) is 4.94. The zero-order chi connectivity index (χ0) is 19.6. The average Bonchev–Trinajstić information content (AvgIpc) is 2.53. The van der Waals surface area contributed by atoms with Gasteiger partial charge in [-0.2, -0.15) is 17.5 Å². The molecule has 2 aromatic carbocycles. The molecule has 0 saturated carbocycles. The van der Waals surface area contributed by atoms with E-state index in [1.165, 1.54) is 10.4 Å². The Kier molecular flexibility index (Phi) is 5.82. The van der Waals surface area contributed by atoms with E-state index < -0.39 is 21.8 Å². The molecule has 0 aliphatic rings. The second-order valence-corrected chi connectivity index (χ2v) is 9.28. The average molecular weight is 385 g/mol. The maximum atomic E-state index is 13.1. The monoisotopic (exact) mass is 385 g/mol. The van der Waals surface area contributed by atoms with Crippen molar-refractivity contribution in [3.63, 3.8) is 0 Å². The topological polar surface area (TPSA) is 37.4 Å². The van der Waals surface area contributed by atoms with E-state index in [2.05, 4.69) is 0 Å². The Morgan fingerprint density at radius 1 is 0.923 bits per heavy atom. The molecule has 0 saturated heterocycles. The molecule has 0 heterocycles. The van der Waals surface area contributed by atoms with Crippen molar-refractivity contribution in [1.82, 2.24) is 4.31 Å². The highest BCUT2D eigenvalue weighted by molar-refractivity contribution is 7.89. The van der Waals surface area contributed by atoms with Crippen LogP contribution in [0.25, 0.3) is 0 Å². The molecule has 0 radical (unpaired) electrons. The van der Waals surface area contributed by atoms with Crippen LogP contribution in [-0.4, -0.2) is 19.3 Å². The number of benzene rings is 2. The molecule has 0 amide bonds. The lowest BCUT2D eigenvalue weighted by Gasteiger charge is -2.29. The van der Waals surface area contributed by atoms with Crippen LogP contribution < -0.4 is 0 Å². The van der Waals surface area contributed by atoms with Crippen molar-refractivity contribution in [3.8, 4) is 0 Å². The van der Waals surface area contributed by atoms with Gasteiger partial charge in [-0.1, -0.05) is 57.2 Å². The van der Waals surface area contributed by atoms with Crippen molar-refractivity contribution in [2.75, 3.05) is 6.54 Å². The standard InChI is InChI=1S/C19H22F3NO2S/c1-18(2,3)14-23(13-15-8-5-4-6-9-15)26(24,25)17-11-7-10-16(12-17)19(20,21)22/h4-12H,13-14H2,1-3H3. The molecule has 0 N–H and O–H groups in total. The first-order chi connectivity index (χ1) is 11.9. The molecule has 2 rings (SSSR count). The normalized spacial score (nSPS) is 13.2. The van der Waals surface area contributed by atoms with Crippen LogP contribution in [0, 0.1) is 5.41 Å². The van der Waals surface area contributed by atoms with Crippen LogP contribution in [0.1, 0.15) is 31.9 Å². The first kappa shape index (κ1) is 20.5. The summed E-state index contributed by atoms with van der Waals surface area (Å²) in [7, 11) is -4.08. The van der Waals surface area contributed by atoms with Gasteiger partial charge in [-0.3, -0.25) is 0 Å². The van der Waals surface area contributed by atoms with Gasteiger partial charge in [-0.25, -0.2) is 8.42 Å². The van der Waals surface area contributed by atoms with Gasteiger partial charge in [0.15, 0.2) is 0 Å². The molecule has 26 heavy (non-hydrogen) atoms. The highest BCUT2D eigenvalue weighted by atomic mass is 32.2. The summed E-state index contributed by atoms with van der Waals surface area (Å²) in [6.45, 7) is 5.92. The number of alkyl halides is 3. The third-order valence-electron chi connectivity index (χ3n) is 3.65. The number of sulfonamides is 1. The smallest absolute Gasteiger partial charge is 0.207 e. The van der Waals surface area contributed by atoms with Crippen LogP contribution in [0.5, 0.6) is 0 Å². The molecule has 0 bridgehead atoms. The molecular formula is C19H22F3NO2S. The Morgan fingerprint density at radius 3 is 2.08 bits per heavy atom. The fraction of sp³-hybridized carbons (Fsp3) is 0.368. The van der Waals surface area contributed by atoms with Gasteiger partial charge in [0.05, 0.1) is 10.5 Å². The second kappa shape index (κ2) is 7.40. The van der Waals surface area contributed by atoms with Gasteiger partial charge in [-0.15, -0.1) is 0 Å². The lowest BCUT2D eigenvalue weighted by molar-refractivity contribution is -0.137. The summed E-state index contributed by atoms with van der Waals surface area (Å²) in [4.78, 5) is -0.354. The molecule has 2 aromatic rings. The number of halogens is 3. The SMILES string of the molecule is CC(C)(C)CN(Cc1ccccc1)S(=O)(=O)c1cccc(C(F)(F)F)c1. The largest absolute Gasteiger partial charge is 0.416 e. The summed E-state index contributed by atoms with van der Waals surface area (Å²) in [6.07, 6.45) is -4.60. The van der Waals surface area contributed by atoms with E-state index in [1.54, 1.807) is 24.3 Å². The Labute approximate surface area is 152 Å². The predicted molar refractivity (Wildman–Crippen MR) is 94.9 cm³/mol. The molecule has 7 heteroatoms. The van der Waals surface area contributed by atoms with Gasteiger partial charge >= 0.3 is 6.18 Å². The van der Waals surface area contributed by atoms with Gasteiger partial charge in [0.25, 0.3) is 0 Å². The Bertz CT molecular complexity index is 841. The molecule has 0 spiro atoms. The molecule has 142 valence electrons. The number of hydrogen-bond acceptors (Lipinski definition) is 2.